The van der Waals surface area contributed by atoms with E-state index in [9.17, 15) is 31.1 Å². The van der Waals surface area contributed by atoms with E-state index in [0.29, 0.717) is 44.5 Å². The molecule has 202 valence electrons. The fraction of sp³-hybridized carbons (Fsp3) is 0.577. The molecule has 1 amide bonds. The summed E-state index contributed by atoms with van der Waals surface area (Å²) in [5, 5.41) is 6.30. The van der Waals surface area contributed by atoms with Crippen LogP contribution in [-0.4, -0.2) is 31.1 Å². The summed E-state index contributed by atoms with van der Waals surface area (Å²) in [4.78, 5) is 11.8. The molecule has 0 fully saturated rings. The first-order valence-electron chi connectivity index (χ1n) is 11.9. The van der Waals surface area contributed by atoms with Gasteiger partial charge in [0.25, 0.3) is 0 Å². The number of carbonyl (C=O) groups is 1. The molecule has 0 aromatic heterocycles. The molecule has 3 atom stereocenters. The highest BCUT2D eigenvalue weighted by Gasteiger charge is 2.46. The predicted octanol–water partition coefficient (Wildman–Crippen LogP) is 6.59. The number of benzene rings is 1. The Kier molecular flexibility index (Phi) is 9.81. The minimum Gasteiger partial charge on any atom is -0.372 e. The lowest BCUT2D eigenvalue weighted by Gasteiger charge is -2.49. The van der Waals surface area contributed by atoms with E-state index in [0.717, 1.165) is 0 Å². The number of rotatable bonds is 11. The Morgan fingerprint density at radius 2 is 1.67 bits per heavy atom. The first-order valence-corrected chi connectivity index (χ1v) is 11.9. The maximum absolute atomic E-state index is 13.3. The molecule has 10 heteroatoms. The summed E-state index contributed by atoms with van der Waals surface area (Å²) in [6.07, 6.45) is -1.74. The number of allylic oxidation sites excluding steroid dienone is 3. The van der Waals surface area contributed by atoms with Crippen LogP contribution in [0, 0.1) is 5.41 Å². The van der Waals surface area contributed by atoms with Gasteiger partial charge in [-0.1, -0.05) is 45.1 Å². The molecule has 0 saturated carbocycles. The number of hydrogen-bond acceptors (Lipinski definition) is 3. The third-order valence-electron chi connectivity index (χ3n) is 6.72. The van der Waals surface area contributed by atoms with Crippen LogP contribution in [0.25, 0.3) is 0 Å². The number of hydrogen-bond donors (Lipinski definition) is 2. The molecule has 2 rings (SSSR count). The van der Waals surface area contributed by atoms with Crippen molar-refractivity contribution in [3.05, 3.63) is 59.2 Å². The van der Waals surface area contributed by atoms with Gasteiger partial charge in [0.15, 0.2) is 0 Å². The van der Waals surface area contributed by atoms with Crippen molar-refractivity contribution in [3.8, 4) is 0 Å². The molecule has 0 aliphatic heterocycles. The summed E-state index contributed by atoms with van der Waals surface area (Å²) in [6.45, 7) is 7.94. The maximum atomic E-state index is 13.3. The molecule has 0 spiro atoms. The Morgan fingerprint density at radius 1 is 1.06 bits per heavy atom. The lowest BCUT2D eigenvalue weighted by molar-refractivity contribution is -0.143. The second-order valence-electron chi connectivity index (χ2n) is 9.27. The zero-order valence-corrected chi connectivity index (χ0v) is 20.9. The van der Waals surface area contributed by atoms with E-state index in [1.165, 1.54) is 6.92 Å². The van der Waals surface area contributed by atoms with Gasteiger partial charge in [-0.3, -0.25) is 4.79 Å². The van der Waals surface area contributed by atoms with Gasteiger partial charge in [-0.05, 0) is 50.1 Å². The van der Waals surface area contributed by atoms with Crippen LogP contribution in [0.4, 0.5) is 26.3 Å². The Labute approximate surface area is 208 Å². The molecule has 0 heterocycles. The molecule has 1 aromatic rings. The molecular weight excluding hydrogens is 486 g/mol. The Morgan fingerprint density at radius 3 is 2.14 bits per heavy atom. The predicted molar refractivity (Wildman–Crippen MR) is 126 cm³/mol. The fourth-order valence-electron chi connectivity index (χ4n) is 4.40. The van der Waals surface area contributed by atoms with Crippen molar-refractivity contribution in [2.75, 3.05) is 19.7 Å². The summed E-state index contributed by atoms with van der Waals surface area (Å²) >= 11 is 0. The highest BCUT2D eigenvalue weighted by atomic mass is 19.4. The van der Waals surface area contributed by atoms with Gasteiger partial charge in [0.1, 0.15) is 0 Å². The number of nitrogens with one attached hydrogen (secondary N) is 2. The van der Waals surface area contributed by atoms with Crippen LogP contribution < -0.4 is 10.6 Å². The first-order chi connectivity index (χ1) is 16.7. The number of amides is 1. The van der Waals surface area contributed by atoms with Crippen LogP contribution >= 0.6 is 0 Å². The molecule has 1 aromatic carbocycles. The largest absolute Gasteiger partial charge is 0.416 e. The third-order valence-corrected chi connectivity index (χ3v) is 6.72. The van der Waals surface area contributed by atoms with Crippen molar-refractivity contribution in [2.45, 2.75) is 71.0 Å². The number of carbonyl (C=O) groups excluding carboxylic acids is 1. The van der Waals surface area contributed by atoms with Gasteiger partial charge in [0, 0.05) is 18.4 Å². The molecule has 4 nitrogen and oxygen atoms in total. The SMILES string of the molecule is CCN[C@](CCNC(=O)CC)(CO[C@H](C)c1cc(C(F)(F)F)cc(C(F)(F)F)c1)C1(C)C=CC=CC1. The summed E-state index contributed by atoms with van der Waals surface area (Å²) in [5.74, 6) is -0.123. The zero-order valence-electron chi connectivity index (χ0n) is 20.9. The van der Waals surface area contributed by atoms with Crippen LogP contribution in [0.2, 0.25) is 0 Å². The molecule has 1 aliphatic rings. The quantitative estimate of drug-likeness (QED) is 0.324. The topological polar surface area (TPSA) is 50.4 Å². The monoisotopic (exact) mass is 520 g/mol. The number of alkyl halides is 6. The first kappa shape index (κ1) is 29.9. The van der Waals surface area contributed by atoms with E-state index in [1.54, 1.807) is 6.92 Å². The van der Waals surface area contributed by atoms with E-state index >= 15 is 0 Å². The average molecular weight is 521 g/mol. The minimum absolute atomic E-state index is 0.00369. The number of ether oxygens (including phenoxy) is 1. The van der Waals surface area contributed by atoms with Gasteiger partial charge >= 0.3 is 12.4 Å². The van der Waals surface area contributed by atoms with E-state index in [4.69, 9.17) is 4.74 Å². The Bertz CT molecular complexity index is 924. The van der Waals surface area contributed by atoms with Gasteiger partial charge in [-0.2, -0.15) is 26.3 Å². The average Bonchev–Trinajstić information content (AvgIpc) is 2.81. The highest BCUT2D eigenvalue weighted by molar-refractivity contribution is 5.75. The Hall–Kier alpha value is -2.33. The van der Waals surface area contributed by atoms with Gasteiger partial charge in [-0.15, -0.1) is 0 Å². The second-order valence-corrected chi connectivity index (χ2v) is 9.27. The number of likely N-dealkylation sites (N-methyl/N-ethyl adjacent to an activating group) is 1. The smallest absolute Gasteiger partial charge is 0.372 e. The number of halogens is 6. The summed E-state index contributed by atoms with van der Waals surface area (Å²) in [6, 6.07) is 1.50. The maximum Gasteiger partial charge on any atom is 0.416 e. The molecule has 0 saturated heterocycles. The van der Waals surface area contributed by atoms with Crippen LogP contribution in [0.3, 0.4) is 0 Å². The molecule has 1 aliphatic carbocycles. The fourth-order valence-corrected chi connectivity index (χ4v) is 4.40. The standard InChI is InChI=1S/C26H34F6N2O2/c1-5-22(35)33-13-12-24(34-6-2,23(4)10-8-7-9-11-23)17-36-18(3)19-14-20(25(27,28)29)16-21(15-19)26(30,31)32/h7-10,14-16,18,34H,5-6,11-13,17H2,1-4H3,(H,33,35)/t18-,23?,24-/m1/s1. The molecule has 1 unspecified atom stereocenters. The van der Waals surface area contributed by atoms with Crippen molar-refractivity contribution < 1.29 is 35.9 Å². The van der Waals surface area contributed by atoms with Crippen molar-refractivity contribution in [2.24, 2.45) is 5.41 Å². The van der Waals surface area contributed by atoms with Crippen molar-refractivity contribution in [1.29, 1.82) is 0 Å². The van der Waals surface area contributed by atoms with Crippen LogP contribution in [0.15, 0.2) is 42.5 Å². The van der Waals surface area contributed by atoms with E-state index < -0.39 is 40.5 Å². The zero-order chi connectivity index (χ0) is 27.2. The molecule has 0 bridgehead atoms. The van der Waals surface area contributed by atoms with Crippen molar-refractivity contribution in [1.82, 2.24) is 10.6 Å². The van der Waals surface area contributed by atoms with Crippen LogP contribution in [-0.2, 0) is 21.9 Å². The molecule has 0 radical (unpaired) electrons. The van der Waals surface area contributed by atoms with Gasteiger partial charge < -0.3 is 15.4 Å². The van der Waals surface area contributed by atoms with E-state index in [-0.39, 0.29) is 24.1 Å². The summed E-state index contributed by atoms with van der Waals surface area (Å²) in [5.41, 5.74) is -4.22. The molecular formula is C26H34F6N2O2. The van der Waals surface area contributed by atoms with Gasteiger partial charge in [0.05, 0.1) is 29.4 Å². The van der Waals surface area contributed by atoms with Gasteiger partial charge in [-0.25, -0.2) is 0 Å². The van der Waals surface area contributed by atoms with Crippen LogP contribution in [0.1, 0.15) is 69.8 Å². The second kappa shape index (κ2) is 11.8. The normalized spacial score (nSPS) is 20.7. The van der Waals surface area contributed by atoms with Gasteiger partial charge in [0.2, 0.25) is 5.91 Å². The highest BCUT2D eigenvalue weighted by Crippen LogP contribution is 2.43. The molecule has 36 heavy (non-hydrogen) atoms. The summed E-state index contributed by atoms with van der Waals surface area (Å²) in [7, 11) is 0. The summed E-state index contributed by atoms with van der Waals surface area (Å²) < 4.78 is 86.0. The van der Waals surface area contributed by atoms with Crippen molar-refractivity contribution >= 4 is 5.91 Å². The van der Waals surface area contributed by atoms with E-state index in [2.05, 4.69) is 10.6 Å². The minimum atomic E-state index is -4.94. The third kappa shape index (κ3) is 7.35. The molecule has 2 N–H and O–H groups in total. The Balaban J connectivity index is 2.39. The van der Waals surface area contributed by atoms with Crippen LogP contribution in [0.5, 0.6) is 0 Å². The van der Waals surface area contributed by atoms with E-state index in [1.807, 2.05) is 38.2 Å². The lowest BCUT2D eigenvalue weighted by Crippen LogP contribution is -2.61. The lowest BCUT2D eigenvalue weighted by atomic mass is 9.65. The van der Waals surface area contributed by atoms with Crippen molar-refractivity contribution in [3.63, 3.8) is 0 Å².